The quantitative estimate of drug-likeness (QED) is 0.635. The largest absolute Gasteiger partial charge is 0.478 e. The summed E-state index contributed by atoms with van der Waals surface area (Å²) < 4.78 is 0. The monoisotopic (exact) mass is 261 g/mol. The summed E-state index contributed by atoms with van der Waals surface area (Å²) in [6.07, 6.45) is 0. The Morgan fingerprint density at radius 1 is 1.33 bits per heavy atom. The highest BCUT2D eigenvalue weighted by molar-refractivity contribution is 6.83. The third-order valence-electron chi connectivity index (χ3n) is 2.50. The summed E-state index contributed by atoms with van der Waals surface area (Å²) in [4.78, 5) is 11.1. The van der Waals surface area contributed by atoms with E-state index in [0.717, 1.165) is 16.8 Å². The van der Waals surface area contributed by atoms with E-state index in [1.165, 1.54) is 0 Å². The van der Waals surface area contributed by atoms with E-state index in [2.05, 4.69) is 36.4 Å². The van der Waals surface area contributed by atoms with Crippen molar-refractivity contribution in [3.05, 3.63) is 28.8 Å². The normalized spacial score (nSPS) is 10.5. The molecule has 4 heteroatoms. The number of carboxylic acids is 1. The van der Waals surface area contributed by atoms with Crippen LogP contribution >= 0.6 is 0 Å². The molecule has 96 valence electrons. The molecule has 1 rings (SSSR count). The van der Waals surface area contributed by atoms with Crippen LogP contribution < -0.4 is 5.32 Å². The van der Waals surface area contributed by atoms with E-state index in [1.807, 2.05) is 6.92 Å². The van der Waals surface area contributed by atoms with Gasteiger partial charge in [0.15, 0.2) is 0 Å². The van der Waals surface area contributed by atoms with Gasteiger partial charge < -0.3 is 10.4 Å². The fourth-order valence-corrected chi connectivity index (χ4v) is 1.99. The third-order valence-corrected chi connectivity index (χ3v) is 3.37. The minimum absolute atomic E-state index is 0.268. The maximum Gasteiger partial charge on any atom is 0.335 e. The molecule has 18 heavy (non-hydrogen) atoms. The Morgan fingerprint density at radius 3 is 2.39 bits per heavy atom. The van der Waals surface area contributed by atoms with Crippen LogP contribution in [0.4, 0.5) is 5.69 Å². The average Bonchev–Trinajstić information content (AvgIpc) is 2.26. The smallest absolute Gasteiger partial charge is 0.335 e. The van der Waals surface area contributed by atoms with E-state index in [4.69, 9.17) is 5.11 Å². The molecule has 1 aromatic carbocycles. The highest BCUT2D eigenvalue weighted by Gasteiger charge is 2.11. The van der Waals surface area contributed by atoms with Gasteiger partial charge in [0.05, 0.1) is 5.56 Å². The van der Waals surface area contributed by atoms with Gasteiger partial charge in [0.2, 0.25) is 0 Å². The molecule has 0 aliphatic rings. The molecule has 0 radical (unpaired) electrons. The van der Waals surface area contributed by atoms with Crippen LogP contribution in [-0.2, 0) is 0 Å². The molecule has 0 aliphatic carbocycles. The lowest BCUT2D eigenvalue weighted by Crippen LogP contribution is -2.16. The van der Waals surface area contributed by atoms with Crippen LogP contribution in [0, 0.1) is 18.4 Å². The van der Waals surface area contributed by atoms with Gasteiger partial charge in [-0.3, -0.25) is 0 Å². The van der Waals surface area contributed by atoms with Crippen molar-refractivity contribution < 1.29 is 9.90 Å². The fraction of sp³-hybridized carbons (Fsp3) is 0.357. The molecule has 0 fully saturated rings. The molecule has 1 aromatic rings. The fourth-order valence-electron chi connectivity index (χ4n) is 1.48. The Morgan fingerprint density at radius 2 is 1.94 bits per heavy atom. The Balaban J connectivity index is 3.37. The van der Waals surface area contributed by atoms with E-state index in [0.29, 0.717) is 0 Å². The number of nitrogens with one attached hydrogen (secondary N) is 1. The van der Waals surface area contributed by atoms with Gasteiger partial charge >= 0.3 is 5.97 Å². The van der Waals surface area contributed by atoms with Crippen molar-refractivity contribution in [2.75, 3.05) is 12.4 Å². The second-order valence-electron chi connectivity index (χ2n) is 5.25. The van der Waals surface area contributed by atoms with E-state index >= 15 is 0 Å². The highest BCUT2D eigenvalue weighted by Crippen LogP contribution is 2.21. The lowest BCUT2D eigenvalue weighted by atomic mass is 10.0. The summed E-state index contributed by atoms with van der Waals surface area (Å²) in [5, 5.41) is 12.1. The van der Waals surface area contributed by atoms with Crippen molar-refractivity contribution >= 4 is 19.7 Å². The van der Waals surface area contributed by atoms with E-state index in [1.54, 1.807) is 19.2 Å². The number of benzene rings is 1. The topological polar surface area (TPSA) is 49.3 Å². The van der Waals surface area contributed by atoms with Crippen molar-refractivity contribution in [3.63, 3.8) is 0 Å². The van der Waals surface area contributed by atoms with Crippen LogP contribution in [0.1, 0.15) is 21.5 Å². The van der Waals surface area contributed by atoms with Gasteiger partial charge in [0, 0.05) is 18.3 Å². The minimum Gasteiger partial charge on any atom is -0.478 e. The molecular formula is C14H19NO2Si. The van der Waals surface area contributed by atoms with Crippen LogP contribution in [-0.4, -0.2) is 26.2 Å². The predicted molar refractivity (Wildman–Crippen MR) is 77.9 cm³/mol. The van der Waals surface area contributed by atoms with Crippen molar-refractivity contribution in [1.29, 1.82) is 0 Å². The number of aromatic carboxylic acids is 1. The predicted octanol–water partition coefficient (Wildman–Crippen LogP) is 2.96. The number of carbonyl (C=O) groups is 1. The Bertz CT molecular complexity index is 533. The van der Waals surface area contributed by atoms with Crippen LogP contribution in [0.25, 0.3) is 0 Å². The summed E-state index contributed by atoms with van der Waals surface area (Å²) in [6.45, 7) is 8.44. The number of hydrogen-bond donors (Lipinski definition) is 2. The number of anilines is 1. The minimum atomic E-state index is -1.46. The molecular weight excluding hydrogens is 242 g/mol. The lowest BCUT2D eigenvalue weighted by Gasteiger charge is -2.10. The Labute approximate surface area is 109 Å². The van der Waals surface area contributed by atoms with E-state index in [9.17, 15) is 4.79 Å². The van der Waals surface area contributed by atoms with Crippen molar-refractivity contribution in [1.82, 2.24) is 0 Å². The zero-order chi connectivity index (χ0) is 13.9. The van der Waals surface area contributed by atoms with Gasteiger partial charge in [-0.25, -0.2) is 4.79 Å². The van der Waals surface area contributed by atoms with Gasteiger partial charge in [-0.2, -0.15) is 0 Å². The molecule has 0 unspecified atom stereocenters. The molecule has 0 amide bonds. The van der Waals surface area contributed by atoms with Crippen molar-refractivity contribution in [3.8, 4) is 11.5 Å². The highest BCUT2D eigenvalue weighted by atomic mass is 28.3. The molecule has 2 N–H and O–H groups in total. The standard InChI is InChI=1S/C14H19NO2Si/c1-10-11(6-7-18(3,4)5)8-12(14(16)17)9-13(10)15-2/h8-9,15H,1-5H3,(H,16,17). The lowest BCUT2D eigenvalue weighted by molar-refractivity contribution is 0.0697. The summed E-state index contributed by atoms with van der Waals surface area (Å²) >= 11 is 0. The molecule has 0 spiro atoms. The van der Waals surface area contributed by atoms with Crippen LogP contribution in [0.5, 0.6) is 0 Å². The van der Waals surface area contributed by atoms with E-state index in [-0.39, 0.29) is 5.56 Å². The zero-order valence-corrected chi connectivity index (χ0v) is 12.5. The first-order valence-electron chi connectivity index (χ1n) is 5.83. The van der Waals surface area contributed by atoms with Crippen molar-refractivity contribution in [2.45, 2.75) is 26.6 Å². The third kappa shape index (κ3) is 3.64. The summed E-state index contributed by atoms with van der Waals surface area (Å²) in [6, 6.07) is 3.28. The maximum absolute atomic E-state index is 11.1. The summed E-state index contributed by atoms with van der Waals surface area (Å²) in [7, 11) is 0.317. The maximum atomic E-state index is 11.1. The zero-order valence-electron chi connectivity index (χ0n) is 11.5. The Hall–Kier alpha value is -1.73. The molecule has 0 heterocycles. The Kier molecular flexibility index (Phi) is 4.20. The van der Waals surface area contributed by atoms with Gasteiger partial charge in [0.1, 0.15) is 8.07 Å². The molecule has 3 nitrogen and oxygen atoms in total. The van der Waals surface area contributed by atoms with Crippen LogP contribution in [0.15, 0.2) is 12.1 Å². The number of hydrogen-bond acceptors (Lipinski definition) is 2. The van der Waals surface area contributed by atoms with Crippen molar-refractivity contribution in [2.24, 2.45) is 0 Å². The van der Waals surface area contributed by atoms with Crippen LogP contribution in [0.3, 0.4) is 0 Å². The molecule has 0 bridgehead atoms. The molecule has 0 aromatic heterocycles. The van der Waals surface area contributed by atoms with Crippen LogP contribution in [0.2, 0.25) is 19.6 Å². The van der Waals surface area contributed by atoms with Gasteiger partial charge in [0.25, 0.3) is 0 Å². The first kappa shape index (κ1) is 14.3. The molecule has 0 atom stereocenters. The second kappa shape index (κ2) is 5.28. The average molecular weight is 261 g/mol. The molecule has 0 saturated heterocycles. The number of carboxylic acid groups (broad SMARTS) is 1. The molecule has 0 aliphatic heterocycles. The first-order valence-corrected chi connectivity index (χ1v) is 9.33. The first-order chi connectivity index (χ1) is 8.24. The van der Waals surface area contributed by atoms with Gasteiger partial charge in [-0.15, -0.1) is 5.54 Å². The molecule has 0 saturated carbocycles. The summed E-state index contributed by atoms with van der Waals surface area (Å²) in [5.41, 5.74) is 6.13. The van der Waals surface area contributed by atoms with Gasteiger partial charge in [-0.1, -0.05) is 25.6 Å². The number of rotatable bonds is 2. The van der Waals surface area contributed by atoms with Gasteiger partial charge in [-0.05, 0) is 24.6 Å². The SMILES string of the molecule is CNc1cc(C(=O)O)cc(C#C[Si](C)(C)C)c1C. The second-order valence-corrected chi connectivity index (χ2v) is 10.0. The van der Waals surface area contributed by atoms with E-state index < -0.39 is 14.0 Å². The summed E-state index contributed by atoms with van der Waals surface area (Å²) in [5.74, 6) is 2.20.